The molecule has 1 amide bonds. The van der Waals surface area contributed by atoms with E-state index < -0.39 is 11.5 Å². The first-order chi connectivity index (χ1) is 11.2. The van der Waals surface area contributed by atoms with Gasteiger partial charge in [0.1, 0.15) is 6.10 Å². The number of thiophene rings is 1. The van der Waals surface area contributed by atoms with Crippen molar-refractivity contribution in [2.24, 2.45) is 0 Å². The fraction of sp³-hybridized carbons (Fsp3) is 0.188. The van der Waals surface area contributed by atoms with E-state index in [1.165, 1.54) is 0 Å². The van der Waals surface area contributed by atoms with Crippen LogP contribution in [0.3, 0.4) is 0 Å². The molecule has 3 rings (SSSR count). The molecule has 1 aromatic carbocycles. The minimum atomic E-state index is -0.518. The van der Waals surface area contributed by atoms with Gasteiger partial charge < -0.3 is 15.0 Å². The van der Waals surface area contributed by atoms with Crippen LogP contribution in [0.15, 0.2) is 46.6 Å². The summed E-state index contributed by atoms with van der Waals surface area (Å²) in [6.07, 6.45) is -0.251. The molecule has 23 heavy (non-hydrogen) atoms. The number of rotatable bonds is 5. The molecular formula is C16H15N3O3S. The number of carbonyl (C=O) groups excluding carboxylic acids is 1. The van der Waals surface area contributed by atoms with E-state index in [9.17, 15) is 9.59 Å². The minimum Gasteiger partial charge on any atom is -0.374 e. The maximum Gasteiger partial charge on any atom is 0.280 e. The Morgan fingerprint density at radius 1 is 1.35 bits per heavy atom. The molecule has 0 aliphatic carbocycles. The van der Waals surface area contributed by atoms with E-state index in [1.54, 1.807) is 42.7 Å². The Morgan fingerprint density at radius 2 is 2.17 bits per heavy atom. The predicted molar refractivity (Wildman–Crippen MR) is 88.8 cm³/mol. The number of ether oxygens (including phenoxy) is 1. The minimum absolute atomic E-state index is 0.148. The zero-order valence-electron chi connectivity index (χ0n) is 12.4. The quantitative estimate of drug-likeness (QED) is 0.751. The summed E-state index contributed by atoms with van der Waals surface area (Å²) in [5, 5.41) is 4.65. The highest BCUT2D eigenvalue weighted by molar-refractivity contribution is 7.10. The first-order valence-electron chi connectivity index (χ1n) is 7.02. The number of H-pyrrole nitrogens is 1. The van der Waals surface area contributed by atoms with Crippen LogP contribution in [0.1, 0.15) is 21.5 Å². The second-order valence-electron chi connectivity index (χ2n) is 4.88. The van der Waals surface area contributed by atoms with Gasteiger partial charge in [-0.1, -0.05) is 18.2 Å². The number of amides is 1. The van der Waals surface area contributed by atoms with Crippen LogP contribution in [-0.4, -0.2) is 29.5 Å². The van der Waals surface area contributed by atoms with Gasteiger partial charge in [0.05, 0.1) is 11.0 Å². The Bertz CT molecular complexity index is 874. The zero-order valence-corrected chi connectivity index (χ0v) is 13.2. The normalized spacial score (nSPS) is 12.2. The molecule has 0 spiro atoms. The van der Waals surface area contributed by atoms with Crippen LogP contribution in [0.5, 0.6) is 0 Å². The molecule has 118 valence electrons. The van der Waals surface area contributed by atoms with E-state index in [1.807, 2.05) is 17.5 Å². The number of hydrogen-bond donors (Lipinski definition) is 2. The summed E-state index contributed by atoms with van der Waals surface area (Å²) >= 11 is 1.55. The molecule has 2 aromatic heterocycles. The van der Waals surface area contributed by atoms with Crippen LogP contribution in [0, 0.1) is 0 Å². The second kappa shape index (κ2) is 6.72. The van der Waals surface area contributed by atoms with Crippen LogP contribution < -0.4 is 10.9 Å². The lowest BCUT2D eigenvalue weighted by Crippen LogP contribution is -2.34. The number of methoxy groups -OCH3 is 1. The van der Waals surface area contributed by atoms with E-state index in [0.29, 0.717) is 11.0 Å². The summed E-state index contributed by atoms with van der Waals surface area (Å²) < 4.78 is 5.37. The number of nitrogens with zero attached hydrogens (tertiary/aromatic N) is 1. The second-order valence-corrected chi connectivity index (χ2v) is 5.86. The van der Waals surface area contributed by atoms with Gasteiger partial charge in [0.15, 0.2) is 5.69 Å². The van der Waals surface area contributed by atoms with Crippen molar-refractivity contribution in [1.82, 2.24) is 15.3 Å². The van der Waals surface area contributed by atoms with Crippen LogP contribution in [0.2, 0.25) is 0 Å². The molecule has 0 fully saturated rings. The summed E-state index contributed by atoms with van der Waals surface area (Å²) in [5.74, 6) is -0.518. The Morgan fingerprint density at radius 3 is 2.91 bits per heavy atom. The van der Waals surface area contributed by atoms with Gasteiger partial charge in [-0.15, -0.1) is 11.3 Å². The molecular weight excluding hydrogens is 314 g/mol. The molecule has 2 N–H and O–H groups in total. The molecule has 0 saturated heterocycles. The first kappa shape index (κ1) is 15.4. The average molecular weight is 329 g/mol. The molecule has 1 atom stereocenters. The summed E-state index contributed by atoms with van der Waals surface area (Å²) in [6.45, 7) is 0.268. The first-order valence-corrected chi connectivity index (χ1v) is 7.90. The highest BCUT2D eigenvalue weighted by atomic mass is 32.1. The van der Waals surface area contributed by atoms with Crippen molar-refractivity contribution in [3.8, 4) is 0 Å². The number of carbonyl (C=O) groups is 1. The highest BCUT2D eigenvalue weighted by Gasteiger charge is 2.17. The van der Waals surface area contributed by atoms with Crippen molar-refractivity contribution in [1.29, 1.82) is 0 Å². The molecule has 0 radical (unpaired) electrons. The van der Waals surface area contributed by atoms with Crippen molar-refractivity contribution in [3.63, 3.8) is 0 Å². The van der Waals surface area contributed by atoms with Crippen LogP contribution in [0.4, 0.5) is 0 Å². The summed E-state index contributed by atoms with van der Waals surface area (Å²) in [7, 11) is 1.58. The third-order valence-electron chi connectivity index (χ3n) is 3.41. The van der Waals surface area contributed by atoms with Gasteiger partial charge in [0, 0.05) is 18.5 Å². The van der Waals surface area contributed by atoms with Crippen molar-refractivity contribution in [3.05, 3.63) is 62.7 Å². The van der Waals surface area contributed by atoms with Crippen LogP contribution >= 0.6 is 11.3 Å². The van der Waals surface area contributed by atoms with Crippen molar-refractivity contribution in [2.45, 2.75) is 6.10 Å². The molecule has 0 aliphatic rings. The number of benzene rings is 1. The third kappa shape index (κ3) is 3.30. The van der Waals surface area contributed by atoms with Gasteiger partial charge >= 0.3 is 0 Å². The number of aromatic amines is 1. The monoisotopic (exact) mass is 329 g/mol. The molecule has 0 saturated carbocycles. The average Bonchev–Trinajstić information content (AvgIpc) is 3.09. The lowest BCUT2D eigenvalue weighted by atomic mass is 10.2. The summed E-state index contributed by atoms with van der Waals surface area (Å²) in [4.78, 5) is 32.1. The summed E-state index contributed by atoms with van der Waals surface area (Å²) in [5.41, 5.74) is 0.511. The van der Waals surface area contributed by atoms with Crippen LogP contribution in [0.25, 0.3) is 11.0 Å². The standard InChI is InChI=1S/C16H15N3O3S/c1-22-12(13-7-4-8-23-13)9-17-15(20)14-16(21)19-11-6-3-2-5-10(11)18-14/h2-8,12H,9H2,1H3,(H,17,20)(H,19,21). The third-order valence-corrected chi connectivity index (χ3v) is 4.37. The number of nitrogens with one attached hydrogen (secondary N) is 2. The number of hydrogen-bond acceptors (Lipinski definition) is 5. The van der Waals surface area contributed by atoms with Gasteiger partial charge in [0.2, 0.25) is 0 Å². The highest BCUT2D eigenvalue weighted by Crippen LogP contribution is 2.21. The zero-order chi connectivity index (χ0) is 16.2. The van der Waals surface area contributed by atoms with Crippen LogP contribution in [-0.2, 0) is 4.74 Å². The molecule has 6 nitrogen and oxygen atoms in total. The van der Waals surface area contributed by atoms with Crippen molar-refractivity contribution in [2.75, 3.05) is 13.7 Å². The SMILES string of the molecule is COC(CNC(=O)c1nc2ccccc2[nH]c1=O)c1cccs1. The van der Waals surface area contributed by atoms with E-state index in [0.717, 1.165) is 4.88 Å². The molecule has 7 heteroatoms. The fourth-order valence-corrected chi connectivity index (χ4v) is 3.03. The lowest BCUT2D eigenvalue weighted by Gasteiger charge is -2.14. The number of para-hydroxylation sites is 2. The van der Waals surface area contributed by atoms with Gasteiger partial charge in [-0.25, -0.2) is 4.98 Å². The van der Waals surface area contributed by atoms with E-state index in [4.69, 9.17) is 4.74 Å². The van der Waals surface area contributed by atoms with E-state index >= 15 is 0 Å². The molecule has 3 aromatic rings. The Balaban J connectivity index is 1.78. The maximum atomic E-state index is 12.3. The van der Waals surface area contributed by atoms with Gasteiger partial charge in [0.25, 0.3) is 11.5 Å². The molecule has 1 unspecified atom stereocenters. The number of aromatic nitrogens is 2. The number of fused-ring (bicyclic) bond motifs is 1. The largest absolute Gasteiger partial charge is 0.374 e. The Labute approximate surface area is 136 Å². The predicted octanol–water partition coefficient (Wildman–Crippen LogP) is 2.10. The molecule has 2 heterocycles. The van der Waals surface area contributed by atoms with E-state index in [-0.39, 0.29) is 18.3 Å². The fourth-order valence-electron chi connectivity index (χ4n) is 2.23. The van der Waals surface area contributed by atoms with Crippen molar-refractivity contribution >= 4 is 28.3 Å². The van der Waals surface area contributed by atoms with Gasteiger partial charge in [-0.3, -0.25) is 9.59 Å². The molecule has 0 bridgehead atoms. The smallest absolute Gasteiger partial charge is 0.280 e. The van der Waals surface area contributed by atoms with Crippen molar-refractivity contribution < 1.29 is 9.53 Å². The Kier molecular flexibility index (Phi) is 4.50. The lowest BCUT2D eigenvalue weighted by molar-refractivity contribution is 0.0833. The maximum absolute atomic E-state index is 12.3. The molecule has 0 aliphatic heterocycles. The Hall–Kier alpha value is -2.51. The van der Waals surface area contributed by atoms with Gasteiger partial charge in [-0.05, 0) is 23.6 Å². The topological polar surface area (TPSA) is 84.1 Å². The van der Waals surface area contributed by atoms with Gasteiger partial charge in [-0.2, -0.15) is 0 Å². The summed E-state index contributed by atoms with van der Waals surface area (Å²) in [6, 6.07) is 10.9. The van der Waals surface area contributed by atoms with E-state index in [2.05, 4.69) is 15.3 Å².